The second-order valence-corrected chi connectivity index (χ2v) is 8.18. The highest BCUT2D eigenvalue weighted by atomic mass is 32.1. The lowest BCUT2D eigenvalue weighted by molar-refractivity contribution is 0.0768. The number of ether oxygens (including phenoxy) is 1. The molecule has 0 fully saturated rings. The summed E-state index contributed by atoms with van der Waals surface area (Å²) in [6.07, 6.45) is 3.16. The summed E-state index contributed by atoms with van der Waals surface area (Å²) in [4.78, 5) is 19.3. The molecule has 5 heteroatoms. The van der Waals surface area contributed by atoms with E-state index in [2.05, 4.69) is 23.2 Å². The summed E-state index contributed by atoms with van der Waals surface area (Å²) in [7, 11) is 0. The van der Waals surface area contributed by atoms with Crippen molar-refractivity contribution < 1.29 is 9.53 Å². The van der Waals surface area contributed by atoms with Gasteiger partial charge in [0.05, 0.1) is 6.10 Å². The largest absolute Gasteiger partial charge is 0.491 e. The predicted molar refractivity (Wildman–Crippen MR) is 118 cm³/mol. The van der Waals surface area contributed by atoms with Crippen LogP contribution in [0.2, 0.25) is 0 Å². The molecule has 1 aliphatic rings. The van der Waals surface area contributed by atoms with Crippen molar-refractivity contribution in [1.82, 2.24) is 9.88 Å². The summed E-state index contributed by atoms with van der Waals surface area (Å²) in [5.74, 6) is 0.835. The van der Waals surface area contributed by atoms with Crippen molar-refractivity contribution in [1.29, 1.82) is 0 Å². The molecule has 0 unspecified atom stereocenters. The Morgan fingerprint density at radius 1 is 1.07 bits per heavy atom. The molecule has 0 spiro atoms. The minimum absolute atomic E-state index is 0.00405. The molecule has 4 nitrogen and oxygen atoms in total. The van der Waals surface area contributed by atoms with Crippen molar-refractivity contribution in [2.75, 3.05) is 13.1 Å². The molecule has 0 N–H and O–H groups in total. The van der Waals surface area contributed by atoms with Crippen LogP contribution in [-0.4, -0.2) is 35.0 Å². The Kier molecular flexibility index (Phi) is 5.76. The molecule has 0 radical (unpaired) electrons. The number of carbonyl (C=O) groups excluding carboxylic acids is 1. The highest BCUT2D eigenvalue weighted by Crippen LogP contribution is 2.28. The van der Waals surface area contributed by atoms with Crippen LogP contribution < -0.4 is 4.74 Å². The van der Waals surface area contributed by atoms with Crippen LogP contribution in [0.1, 0.15) is 36.3 Å². The van der Waals surface area contributed by atoms with Gasteiger partial charge in [0.1, 0.15) is 16.5 Å². The number of benzene rings is 2. The average molecular weight is 405 g/mol. The van der Waals surface area contributed by atoms with Crippen LogP contribution in [0.4, 0.5) is 0 Å². The molecular weight excluding hydrogens is 380 g/mol. The number of carbonyl (C=O) groups is 1. The second-order valence-electron chi connectivity index (χ2n) is 7.33. The summed E-state index contributed by atoms with van der Waals surface area (Å²) in [5, 5.41) is 2.70. The fourth-order valence-corrected chi connectivity index (χ4v) is 4.18. The van der Waals surface area contributed by atoms with Crippen molar-refractivity contribution in [2.45, 2.75) is 26.4 Å². The van der Waals surface area contributed by atoms with E-state index in [9.17, 15) is 4.79 Å². The maximum atomic E-state index is 12.9. The fourth-order valence-electron chi connectivity index (χ4n) is 3.38. The van der Waals surface area contributed by atoms with Crippen molar-refractivity contribution in [3.8, 4) is 16.3 Å². The first-order chi connectivity index (χ1) is 14.1. The van der Waals surface area contributed by atoms with Crippen LogP contribution in [0.25, 0.3) is 16.1 Å². The molecule has 1 aromatic heterocycles. The highest BCUT2D eigenvalue weighted by molar-refractivity contribution is 7.13. The van der Waals surface area contributed by atoms with Gasteiger partial charge >= 0.3 is 0 Å². The molecule has 2 aromatic carbocycles. The summed E-state index contributed by atoms with van der Waals surface area (Å²) >= 11 is 1.50. The van der Waals surface area contributed by atoms with Gasteiger partial charge in [-0.25, -0.2) is 4.98 Å². The van der Waals surface area contributed by atoms with Gasteiger partial charge in [0.15, 0.2) is 0 Å². The first-order valence-corrected chi connectivity index (χ1v) is 10.7. The van der Waals surface area contributed by atoms with Gasteiger partial charge in [-0.15, -0.1) is 11.3 Å². The normalized spacial score (nSPS) is 14.0. The topological polar surface area (TPSA) is 42.4 Å². The van der Waals surface area contributed by atoms with Crippen molar-refractivity contribution in [3.05, 3.63) is 77.3 Å². The summed E-state index contributed by atoms with van der Waals surface area (Å²) < 4.78 is 5.69. The van der Waals surface area contributed by atoms with Gasteiger partial charge in [-0.05, 0) is 55.7 Å². The maximum absolute atomic E-state index is 12.9. The van der Waals surface area contributed by atoms with E-state index >= 15 is 0 Å². The Hall–Kier alpha value is -2.92. The van der Waals surface area contributed by atoms with E-state index in [0.29, 0.717) is 18.8 Å². The molecule has 4 rings (SSSR count). The van der Waals surface area contributed by atoms with Crippen LogP contribution in [-0.2, 0) is 0 Å². The molecule has 1 amide bonds. The zero-order valence-corrected chi connectivity index (χ0v) is 17.5. The minimum Gasteiger partial charge on any atom is -0.491 e. The monoisotopic (exact) mass is 404 g/mol. The van der Waals surface area contributed by atoms with Gasteiger partial charge in [-0.3, -0.25) is 4.79 Å². The minimum atomic E-state index is -0.00405. The number of nitrogens with zero attached hydrogens (tertiary/aromatic N) is 2. The van der Waals surface area contributed by atoms with Gasteiger partial charge in [0, 0.05) is 24.0 Å². The number of thiazole rings is 1. The van der Waals surface area contributed by atoms with E-state index in [1.54, 1.807) is 0 Å². The van der Waals surface area contributed by atoms with E-state index in [0.717, 1.165) is 22.7 Å². The smallest absolute Gasteiger partial charge is 0.273 e. The molecule has 0 saturated carbocycles. The molecule has 2 heterocycles. The van der Waals surface area contributed by atoms with Gasteiger partial charge < -0.3 is 9.64 Å². The molecule has 29 heavy (non-hydrogen) atoms. The average Bonchev–Trinajstić information content (AvgIpc) is 3.24. The third-order valence-electron chi connectivity index (χ3n) is 4.84. The first-order valence-electron chi connectivity index (χ1n) is 9.86. The maximum Gasteiger partial charge on any atom is 0.273 e. The van der Waals surface area contributed by atoms with Crippen molar-refractivity contribution in [3.63, 3.8) is 0 Å². The number of hydrogen-bond donors (Lipinski definition) is 0. The molecule has 148 valence electrons. The highest BCUT2D eigenvalue weighted by Gasteiger charge is 2.21. The Labute approximate surface area is 175 Å². The lowest BCUT2D eigenvalue weighted by Crippen LogP contribution is -2.34. The number of hydrogen-bond acceptors (Lipinski definition) is 4. The first kappa shape index (κ1) is 19.4. The second kappa shape index (κ2) is 8.62. The zero-order valence-electron chi connectivity index (χ0n) is 16.7. The van der Waals surface area contributed by atoms with E-state index < -0.39 is 0 Å². The van der Waals surface area contributed by atoms with Crippen LogP contribution in [0.5, 0.6) is 5.75 Å². The van der Waals surface area contributed by atoms with Crippen LogP contribution in [0.15, 0.2) is 66.1 Å². The van der Waals surface area contributed by atoms with Gasteiger partial charge in [-0.2, -0.15) is 0 Å². The van der Waals surface area contributed by atoms with Gasteiger partial charge in [0.25, 0.3) is 5.91 Å². The Morgan fingerprint density at radius 3 is 2.48 bits per heavy atom. The number of rotatable bonds is 5. The molecular formula is C24H24N2O2S. The Morgan fingerprint density at radius 2 is 1.83 bits per heavy atom. The fraction of sp³-hybridized carbons (Fsp3) is 0.250. The Bertz CT molecular complexity index is 1010. The lowest BCUT2D eigenvalue weighted by Gasteiger charge is -2.26. The van der Waals surface area contributed by atoms with E-state index in [4.69, 9.17) is 4.74 Å². The van der Waals surface area contributed by atoms with Crippen LogP contribution >= 0.6 is 11.3 Å². The summed E-state index contributed by atoms with van der Waals surface area (Å²) in [6.45, 7) is 5.35. The van der Waals surface area contributed by atoms with Crippen LogP contribution in [0.3, 0.4) is 0 Å². The van der Waals surface area contributed by atoms with E-state index in [1.807, 2.05) is 66.6 Å². The third kappa shape index (κ3) is 4.57. The quantitative estimate of drug-likeness (QED) is 0.562. The van der Waals surface area contributed by atoms with Crippen LogP contribution in [0, 0.1) is 0 Å². The molecule has 1 aliphatic heterocycles. The summed E-state index contributed by atoms with van der Waals surface area (Å²) in [6, 6.07) is 18.2. The van der Waals surface area contributed by atoms with E-state index in [1.165, 1.54) is 22.5 Å². The Balaban J connectivity index is 1.43. The predicted octanol–water partition coefficient (Wildman–Crippen LogP) is 5.53. The van der Waals surface area contributed by atoms with Crippen molar-refractivity contribution in [2.24, 2.45) is 0 Å². The molecule has 0 atom stereocenters. The standard InChI is InChI=1S/C24H24N2O2S/c1-17(2)28-21-10-8-20(9-11-21)23-25-22(16-29-23)24(27)26-14-12-19(13-15-26)18-6-4-3-5-7-18/h3-12,16-17H,13-15H2,1-2H3. The zero-order chi connectivity index (χ0) is 20.2. The SMILES string of the molecule is CC(C)Oc1ccc(-c2nc(C(=O)N3CC=C(c4ccccc4)CC3)cs2)cc1. The molecule has 3 aromatic rings. The third-order valence-corrected chi connectivity index (χ3v) is 5.73. The lowest BCUT2D eigenvalue weighted by atomic mass is 9.99. The van der Waals surface area contributed by atoms with Gasteiger partial charge in [0.2, 0.25) is 0 Å². The number of amides is 1. The van der Waals surface area contributed by atoms with Gasteiger partial charge in [-0.1, -0.05) is 36.4 Å². The number of aromatic nitrogens is 1. The van der Waals surface area contributed by atoms with E-state index in [-0.39, 0.29) is 12.0 Å². The molecule has 0 saturated heterocycles. The molecule has 0 aliphatic carbocycles. The molecule has 0 bridgehead atoms. The van der Waals surface area contributed by atoms with Crippen molar-refractivity contribution >= 4 is 22.8 Å². The summed E-state index contributed by atoms with van der Waals surface area (Å²) in [5.41, 5.74) is 4.05.